The van der Waals surface area contributed by atoms with Crippen LogP contribution in [-0.4, -0.2) is 24.8 Å². The molecule has 2 rings (SSSR count). The molecule has 0 heterocycles. The van der Waals surface area contributed by atoms with E-state index in [9.17, 15) is 14.2 Å². The highest BCUT2D eigenvalue weighted by atomic mass is 31.2. The molecule has 0 N–H and O–H groups in total. The van der Waals surface area contributed by atoms with Gasteiger partial charge in [0, 0.05) is 5.30 Å². The summed E-state index contributed by atoms with van der Waals surface area (Å²) in [6, 6.07) is 12.3. The zero-order valence-electron chi connectivity index (χ0n) is 14.5. The molecule has 0 saturated carbocycles. The smallest absolute Gasteiger partial charge is 0.343 e. The van der Waals surface area contributed by atoms with Crippen molar-refractivity contribution in [1.82, 2.24) is 0 Å². The minimum atomic E-state index is -3.50. The second kappa shape index (κ2) is 8.06. The van der Waals surface area contributed by atoms with Gasteiger partial charge in [0.1, 0.15) is 0 Å². The van der Waals surface area contributed by atoms with Crippen LogP contribution in [0.4, 0.5) is 0 Å². The van der Waals surface area contributed by atoms with Gasteiger partial charge in [-0.15, -0.1) is 0 Å². The zero-order chi connectivity index (χ0) is 18.4. The van der Waals surface area contributed by atoms with Gasteiger partial charge in [0.25, 0.3) is 7.37 Å². The summed E-state index contributed by atoms with van der Waals surface area (Å²) in [7, 11) is -3.50. The van der Waals surface area contributed by atoms with Crippen LogP contribution < -0.4 is 5.30 Å². The zero-order valence-corrected chi connectivity index (χ0v) is 15.4. The molecule has 6 heteroatoms. The normalized spacial score (nSPS) is 12.8. The standard InChI is InChI=1S/C19H20NO4P/c1-14-11-15(2)18(16(3)12-14)19(22)24-25(23,10-9-20-13-21)17-7-5-4-6-8-17/h4-8,11-12H,9-10H2,1-3H3. The van der Waals surface area contributed by atoms with Crippen molar-refractivity contribution in [3.05, 3.63) is 64.7 Å². The van der Waals surface area contributed by atoms with E-state index in [0.717, 1.165) is 16.7 Å². The minimum Gasteiger partial charge on any atom is -0.404 e. The molecule has 0 fully saturated rings. The summed E-state index contributed by atoms with van der Waals surface area (Å²) in [5.74, 6) is -0.628. The van der Waals surface area contributed by atoms with Crippen LogP contribution in [0.25, 0.3) is 0 Å². The van der Waals surface area contributed by atoms with Crippen LogP contribution in [-0.2, 0) is 13.9 Å². The van der Waals surface area contributed by atoms with E-state index in [2.05, 4.69) is 4.99 Å². The number of hydrogen-bond acceptors (Lipinski definition) is 5. The Morgan fingerprint density at radius 3 is 2.28 bits per heavy atom. The average Bonchev–Trinajstić information content (AvgIpc) is 2.55. The van der Waals surface area contributed by atoms with Gasteiger partial charge in [-0.3, -0.25) is 4.57 Å². The highest BCUT2D eigenvalue weighted by Gasteiger charge is 2.31. The number of carbonyl (C=O) groups is 1. The third kappa shape index (κ3) is 4.54. The number of aryl methyl sites for hydroxylation is 3. The summed E-state index contributed by atoms with van der Waals surface area (Å²) in [5.41, 5.74) is 3.00. The Hall–Kier alpha value is -2.48. The molecule has 0 bridgehead atoms. The minimum absolute atomic E-state index is 0.0190. The van der Waals surface area contributed by atoms with Crippen molar-refractivity contribution < 1.29 is 18.7 Å². The van der Waals surface area contributed by atoms with Gasteiger partial charge in [-0.2, -0.15) is 0 Å². The molecule has 130 valence electrons. The topological polar surface area (TPSA) is 72.8 Å². The molecule has 5 nitrogen and oxygen atoms in total. The molecule has 1 atom stereocenters. The summed E-state index contributed by atoms with van der Waals surface area (Å²) in [6.07, 6.45) is 1.37. The van der Waals surface area contributed by atoms with E-state index in [1.54, 1.807) is 30.3 Å². The third-order valence-corrected chi connectivity index (χ3v) is 6.17. The molecular formula is C19H20NO4P. The predicted molar refractivity (Wildman–Crippen MR) is 97.6 cm³/mol. The van der Waals surface area contributed by atoms with Gasteiger partial charge < -0.3 is 4.52 Å². The molecule has 0 radical (unpaired) electrons. The molecule has 0 aromatic heterocycles. The Morgan fingerprint density at radius 1 is 1.12 bits per heavy atom. The molecule has 0 aliphatic heterocycles. The van der Waals surface area contributed by atoms with Crippen molar-refractivity contribution in [2.75, 3.05) is 12.7 Å². The fraction of sp³-hybridized carbons (Fsp3) is 0.263. The van der Waals surface area contributed by atoms with Crippen molar-refractivity contribution in [3.63, 3.8) is 0 Å². The Balaban J connectivity index is 2.39. The van der Waals surface area contributed by atoms with Gasteiger partial charge in [-0.1, -0.05) is 35.9 Å². The molecule has 25 heavy (non-hydrogen) atoms. The lowest BCUT2D eigenvalue weighted by Gasteiger charge is -2.19. The lowest BCUT2D eigenvalue weighted by Crippen LogP contribution is -2.17. The van der Waals surface area contributed by atoms with Crippen molar-refractivity contribution in [2.24, 2.45) is 4.99 Å². The van der Waals surface area contributed by atoms with Crippen LogP contribution in [0, 0.1) is 20.8 Å². The number of benzene rings is 2. The Morgan fingerprint density at radius 2 is 1.72 bits per heavy atom. The van der Waals surface area contributed by atoms with E-state index in [0.29, 0.717) is 10.9 Å². The summed E-state index contributed by atoms with van der Waals surface area (Å²) >= 11 is 0. The van der Waals surface area contributed by atoms with Crippen molar-refractivity contribution in [1.29, 1.82) is 0 Å². The molecule has 1 unspecified atom stereocenters. The first kappa shape index (κ1) is 18.9. The number of carbonyl (C=O) groups excluding carboxylic acids is 2. The number of nitrogens with zero attached hydrogens (tertiary/aromatic N) is 1. The number of rotatable bonds is 6. The maximum Gasteiger partial charge on any atom is 0.343 e. The molecule has 0 aliphatic carbocycles. The monoisotopic (exact) mass is 357 g/mol. The number of isocyanates is 1. The first-order valence-electron chi connectivity index (χ1n) is 7.87. The lowest BCUT2D eigenvalue weighted by molar-refractivity contribution is 0.0742. The molecule has 0 saturated heterocycles. The van der Waals surface area contributed by atoms with Crippen LogP contribution in [0.2, 0.25) is 0 Å². The second-order valence-corrected chi connectivity index (χ2v) is 8.35. The van der Waals surface area contributed by atoms with Gasteiger partial charge in [0.15, 0.2) is 0 Å². The first-order chi connectivity index (χ1) is 11.9. The van der Waals surface area contributed by atoms with E-state index < -0.39 is 13.3 Å². The van der Waals surface area contributed by atoms with Crippen LogP contribution in [0.5, 0.6) is 0 Å². The summed E-state index contributed by atoms with van der Waals surface area (Å²) in [6.45, 7) is 5.57. The van der Waals surface area contributed by atoms with Crippen molar-refractivity contribution >= 4 is 24.7 Å². The Bertz CT molecular complexity index is 847. The van der Waals surface area contributed by atoms with E-state index in [-0.39, 0.29) is 12.7 Å². The molecule has 0 aliphatic rings. The fourth-order valence-corrected chi connectivity index (χ4v) is 4.60. The van der Waals surface area contributed by atoms with Crippen LogP contribution in [0.15, 0.2) is 47.5 Å². The maximum absolute atomic E-state index is 13.3. The molecule has 2 aromatic carbocycles. The molecule has 2 aromatic rings. The molecular weight excluding hydrogens is 337 g/mol. The second-order valence-electron chi connectivity index (χ2n) is 5.86. The Labute approximate surface area is 147 Å². The van der Waals surface area contributed by atoms with E-state index in [4.69, 9.17) is 4.52 Å². The average molecular weight is 357 g/mol. The van der Waals surface area contributed by atoms with Crippen LogP contribution >= 0.6 is 7.37 Å². The predicted octanol–water partition coefficient (Wildman–Crippen LogP) is 3.71. The van der Waals surface area contributed by atoms with Gasteiger partial charge in [-0.25, -0.2) is 14.6 Å². The van der Waals surface area contributed by atoms with Gasteiger partial charge in [0.05, 0.1) is 18.3 Å². The van der Waals surface area contributed by atoms with Gasteiger partial charge in [0.2, 0.25) is 6.08 Å². The summed E-state index contributed by atoms with van der Waals surface area (Å²) < 4.78 is 18.8. The maximum atomic E-state index is 13.3. The van der Waals surface area contributed by atoms with Crippen molar-refractivity contribution in [2.45, 2.75) is 20.8 Å². The van der Waals surface area contributed by atoms with Crippen LogP contribution in [0.1, 0.15) is 27.0 Å². The van der Waals surface area contributed by atoms with Crippen LogP contribution in [0.3, 0.4) is 0 Å². The van der Waals surface area contributed by atoms with Gasteiger partial charge in [-0.05, 0) is 44.0 Å². The summed E-state index contributed by atoms with van der Waals surface area (Å²) in [5, 5.41) is 0.423. The van der Waals surface area contributed by atoms with Gasteiger partial charge >= 0.3 is 5.97 Å². The van der Waals surface area contributed by atoms with Crippen molar-refractivity contribution in [3.8, 4) is 0 Å². The first-order valence-corrected chi connectivity index (χ1v) is 9.68. The number of aliphatic imine (C=N–C) groups is 1. The Kier molecular flexibility index (Phi) is 6.08. The third-order valence-electron chi connectivity index (χ3n) is 3.83. The molecule has 0 amide bonds. The highest BCUT2D eigenvalue weighted by Crippen LogP contribution is 2.46. The quantitative estimate of drug-likeness (QED) is 0.449. The highest BCUT2D eigenvalue weighted by molar-refractivity contribution is 7.67. The lowest BCUT2D eigenvalue weighted by atomic mass is 10.0. The SMILES string of the molecule is Cc1cc(C)c(C(=O)OP(=O)(CCN=C=O)c2ccccc2)c(C)c1. The van der Waals surface area contributed by atoms with E-state index in [1.807, 2.05) is 32.9 Å². The molecule has 0 spiro atoms. The number of hydrogen-bond donors (Lipinski definition) is 0. The van der Waals surface area contributed by atoms with E-state index in [1.165, 1.54) is 6.08 Å². The summed E-state index contributed by atoms with van der Waals surface area (Å²) in [4.78, 5) is 26.5. The largest absolute Gasteiger partial charge is 0.404 e. The fourth-order valence-electron chi connectivity index (χ4n) is 2.79. The van der Waals surface area contributed by atoms with E-state index >= 15 is 0 Å².